The first-order valence-electron chi connectivity index (χ1n) is 9.32. The van der Waals surface area contributed by atoms with Crippen molar-refractivity contribution in [3.63, 3.8) is 0 Å². The molecule has 0 spiro atoms. The molecule has 139 valence electrons. The van der Waals surface area contributed by atoms with Gasteiger partial charge in [0.2, 0.25) is 6.41 Å². The molecule has 0 unspecified atom stereocenters. The molecule has 1 atom stereocenters. The van der Waals surface area contributed by atoms with Crippen LogP contribution in [0.25, 0.3) is 11.1 Å². The van der Waals surface area contributed by atoms with Crippen LogP contribution in [-0.4, -0.2) is 52.4 Å². The van der Waals surface area contributed by atoms with Crippen molar-refractivity contribution in [2.45, 2.75) is 45.6 Å². The summed E-state index contributed by atoms with van der Waals surface area (Å²) in [5.74, 6) is 0.784. The number of amides is 1. The molecule has 2 heterocycles. The van der Waals surface area contributed by atoms with Crippen LogP contribution >= 0.6 is 0 Å². The number of carbonyl (C=O) groups excluding carboxylic acids is 1. The molecule has 0 aliphatic carbocycles. The SMILES string of the molecule is Cc1n[nH]cc1-c1c[c]cc(OCCCN(C=O)N2CCCC[C@H]2C)c1. The third kappa shape index (κ3) is 4.43. The van der Waals surface area contributed by atoms with Gasteiger partial charge >= 0.3 is 0 Å². The molecule has 1 fully saturated rings. The summed E-state index contributed by atoms with van der Waals surface area (Å²) in [4.78, 5) is 11.5. The van der Waals surface area contributed by atoms with Gasteiger partial charge in [-0.25, -0.2) is 5.01 Å². The average Bonchev–Trinajstić information content (AvgIpc) is 3.09. The van der Waals surface area contributed by atoms with Crippen molar-refractivity contribution >= 4 is 6.41 Å². The Bertz CT molecular complexity index is 715. The highest BCUT2D eigenvalue weighted by Gasteiger charge is 2.22. The van der Waals surface area contributed by atoms with E-state index in [1.165, 1.54) is 6.42 Å². The highest BCUT2D eigenvalue weighted by Crippen LogP contribution is 2.25. The summed E-state index contributed by atoms with van der Waals surface area (Å²) in [6.45, 7) is 6.36. The Morgan fingerprint density at radius 1 is 1.46 bits per heavy atom. The molecule has 6 nitrogen and oxygen atoms in total. The first kappa shape index (κ1) is 18.5. The normalized spacial score (nSPS) is 17.8. The Morgan fingerprint density at radius 2 is 2.35 bits per heavy atom. The number of hydrogen-bond donors (Lipinski definition) is 1. The lowest BCUT2D eigenvalue weighted by Gasteiger charge is -2.39. The molecule has 1 aromatic carbocycles. The van der Waals surface area contributed by atoms with Crippen LogP contribution in [0.2, 0.25) is 0 Å². The number of piperidine rings is 1. The van der Waals surface area contributed by atoms with Crippen molar-refractivity contribution in [3.05, 3.63) is 36.2 Å². The summed E-state index contributed by atoms with van der Waals surface area (Å²) < 4.78 is 5.87. The Kier molecular flexibility index (Phi) is 6.28. The van der Waals surface area contributed by atoms with Gasteiger partial charge < -0.3 is 4.74 Å². The lowest BCUT2D eigenvalue weighted by Crippen LogP contribution is -2.50. The van der Waals surface area contributed by atoms with Crippen LogP contribution in [-0.2, 0) is 4.79 Å². The average molecular weight is 355 g/mol. The zero-order valence-corrected chi connectivity index (χ0v) is 15.6. The number of nitrogens with zero attached hydrogens (tertiary/aromatic N) is 3. The predicted molar refractivity (Wildman–Crippen MR) is 100 cm³/mol. The van der Waals surface area contributed by atoms with E-state index in [1.807, 2.05) is 36.3 Å². The number of aryl methyl sites for hydroxylation is 1. The quantitative estimate of drug-likeness (QED) is 0.583. The molecule has 26 heavy (non-hydrogen) atoms. The molecule has 1 N–H and O–H groups in total. The van der Waals surface area contributed by atoms with E-state index in [0.29, 0.717) is 19.2 Å². The maximum atomic E-state index is 11.5. The van der Waals surface area contributed by atoms with E-state index in [-0.39, 0.29) is 0 Å². The van der Waals surface area contributed by atoms with E-state index in [1.54, 1.807) is 0 Å². The lowest BCUT2D eigenvalue weighted by molar-refractivity contribution is -0.141. The van der Waals surface area contributed by atoms with E-state index in [4.69, 9.17) is 4.74 Å². The minimum absolute atomic E-state index is 0.430. The van der Waals surface area contributed by atoms with Crippen molar-refractivity contribution < 1.29 is 9.53 Å². The summed E-state index contributed by atoms with van der Waals surface area (Å²) in [5.41, 5.74) is 3.04. The maximum Gasteiger partial charge on any atom is 0.224 e. The van der Waals surface area contributed by atoms with Crippen molar-refractivity contribution in [3.8, 4) is 16.9 Å². The molecule has 6 heteroatoms. The smallest absolute Gasteiger partial charge is 0.224 e. The number of ether oxygens (including phenoxy) is 1. The third-order valence-corrected chi connectivity index (χ3v) is 4.92. The highest BCUT2D eigenvalue weighted by atomic mass is 16.5. The van der Waals surface area contributed by atoms with Crippen molar-refractivity contribution in [1.29, 1.82) is 0 Å². The Hall–Kier alpha value is -2.34. The molecular formula is C20H27N4O2. The number of carbonyl (C=O) groups is 1. The van der Waals surface area contributed by atoms with E-state index in [0.717, 1.165) is 54.8 Å². The molecule has 0 bridgehead atoms. The van der Waals surface area contributed by atoms with Crippen LogP contribution in [0.4, 0.5) is 0 Å². The number of H-pyrrole nitrogens is 1. The van der Waals surface area contributed by atoms with E-state index in [9.17, 15) is 4.79 Å². The van der Waals surface area contributed by atoms with Crippen LogP contribution in [0.5, 0.6) is 5.75 Å². The van der Waals surface area contributed by atoms with Crippen molar-refractivity contribution in [1.82, 2.24) is 20.2 Å². The minimum Gasteiger partial charge on any atom is -0.493 e. The molecule has 0 saturated carbocycles. The molecule has 1 aromatic heterocycles. The van der Waals surface area contributed by atoms with Gasteiger partial charge in [0.25, 0.3) is 0 Å². The first-order valence-corrected chi connectivity index (χ1v) is 9.32. The van der Waals surface area contributed by atoms with Gasteiger partial charge in [-0.1, -0.05) is 6.42 Å². The maximum absolute atomic E-state index is 11.5. The Morgan fingerprint density at radius 3 is 3.08 bits per heavy atom. The molecule has 1 radical (unpaired) electrons. The van der Waals surface area contributed by atoms with Crippen LogP contribution in [0.1, 0.15) is 38.3 Å². The molecular weight excluding hydrogens is 328 g/mol. The van der Waals surface area contributed by atoms with Crippen LogP contribution in [0.3, 0.4) is 0 Å². The molecule has 1 amide bonds. The van der Waals surface area contributed by atoms with Crippen LogP contribution in [0, 0.1) is 13.0 Å². The zero-order valence-electron chi connectivity index (χ0n) is 15.6. The molecule has 3 rings (SSSR count). The largest absolute Gasteiger partial charge is 0.493 e. The predicted octanol–water partition coefficient (Wildman–Crippen LogP) is 3.20. The molecule has 1 saturated heterocycles. The van der Waals surface area contributed by atoms with Gasteiger partial charge in [-0.3, -0.25) is 14.9 Å². The molecule has 2 aromatic rings. The van der Waals surface area contributed by atoms with Crippen molar-refractivity contribution in [2.75, 3.05) is 19.7 Å². The second-order valence-electron chi connectivity index (χ2n) is 6.82. The van der Waals surface area contributed by atoms with E-state index >= 15 is 0 Å². The fourth-order valence-electron chi connectivity index (χ4n) is 3.46. The van der Waals surface area contributed by atoms with Crippen molar-refractivity contribution in [2.24, 2.45) is 0 Å². The van der Waals surface area contributed by atoms with Gasteiger partial charge in [0.05, 0.1) is 12.3 Å². The zero-order chi connectivity index (χ0) is 18.4. The summed E-state index contributed by atoms with van der Waals surface area (Å²) >= 11 is 0. The third-order valence-electron chi connectivity index (χ3n) is 4.92. The second-order valence-corrected chi connectivity index (χ2v) is 6.82. The highest BCUT2D eigenvalue weighted by molar-refractivity contribution is 5.66. The number of benzene rings is 1. The summed E-state index contributed by atoms with van der Waals surface area (Å²) in [7, 11) is 0. The number of aromatic amines is 1. The second kappa shape index (κ2) is 8.85. The Balaban J connectivity index is 1.50. The van der Waals surface area contributed by atoms with Gasteiger partial charge in [-0.05, 0) is 56.5 Å². The van der Waals surface area contributed by atoms with Gasteiger partial charge in [0.15, 0.2) is 0 Å². The summed E-state index contributed by atoms with van der Waals surface area (Å²) in [6, 6.07) is 9.31. The topological polar surface area (TPSA) is 61.5 Å². The van der Waals surface area contributed by atoms with Gasteiger partial charge in [0, 0.05) is 37.3 Å². The number of rotatable bonds is 8. The minimum atomic E-state index is 0.430. The fourth-order valence-corrected chi connectivity index (χ4v) is 3.46. The van der Waals surface area contributed by atoms with Gasteiger partial charge in [-0.2, -0.15) is 5.10 Å². The van der Waals surface area contributed by atoms with Crippen LogP contribution in [0.15, 0.2) is 24.4 Å². The lowest BCUT2D eigenvalue weighted by atomic mass is 10.1. The van der Waals surface area contributed by atoms with Gasteiger partial charge in [-0.15, -0.1) is 0 Å². The molecule has 1 aliphatic heterocycles. The van der Waals surface area contributed by atoms with Gasteiger partial charge in [0.1, 0.15) is 5.75 Å². The number of nitrogens with one attached hydrogen (secondary N) is 1. The monoisotopic (exact) mass is 355 g/mol. The Labute approximate surface area is 155 Å². The summed E-state index contributed by atoms with van der Waals surface area (Å²) in [6.07, 6.45) is 7.16. The van der Waals surface area contributed by atoms with Crippen LogP contribution < -0.4 is 4.74 Å². The molecule has 1 aliphatic rings. The van der Waals surface area contributed by atoms with E-state index in [2.05, 4.69) is 28.2 Å². The van der Waals surface area contributed by atoms with E-state index < -0.39 is 0 Å². The summed E-state index contributed by atoms with van der Waals surface area (Å²) in [5, 5.41) is 11.0. The number of hydrazine groups is 1. The number of aromatic nitrogens is 2. The first-order chi connectivity index (χ1) is 12.7. The standard InChI is InChI=1S/C20H27N4O2/c1-16-7-3-4-11-24(16)23(15-25)10-6-12-26-19-9-5-8-18(13-19)20-14-21-22-17(20)2/h8-9,13-16H,3-4,6-7,10-12H2,1-2H3,(H,21,22)/t16-/m1/s1. The number of hydrogen-bond acceptors (Lipinski definition) is 4. The fraction of sp³-hybridized carbons (Fsp3) is 0.500.